The Morgan fingerprint density at radius 3 is 2.45 bits per heavy atom. The third-order valence-corrected chi connectivity index (χ3v) is 5.95. The molecule has 0 bridgehead atoms. The van der Waals surface area contributed by atoms with E-state index in [-0.39, 0.29) is 4.90 Å². The van der Waals surface area contributed by atoms with Crippen LogP contribution in [-0.4, -0.2) is 13.0 Å². The maximum atomic E-state index is 12.4. The van der Waals surface area contributed by atoms with E-state index in [0.717, 1.165) is 21.3 Å². The van der Waals surface area contributed by atoms with Gasteiger partial charge in [0.05, 0.1) is 15.1 Å². The lowest BCUT2D eigenvalue weighted by Gasteiger charge is -2.02. The predicted molar refractivity (Wildman–Crippen MR) is 89.5 cm³/mol. The summed E-state index contributed by atoms with van der Waals surface area (Å²) in [4.78, 5) is 0.688. The summed E-state index contributed by atoms with van der Waals surface area (Å²) in [5.41, 5.74) is 3.30. The first-order chi connectivity index (χ1) is 10.4. The fraction of sp³-hybridized carbons (Fsp3) is 0.188. The van der Waals surface area contributed by atoms with Crippen LogP contribution in [-0.2, 0) is 17.1 Å². The fourth-order valence-electron chi connectivity index (χ4n) is 2.52. The van der Waals surface area contributed by atoms with Crippen LogP contribution in [0, 0.1) is 13.8 Å². The Morgan fingerprint density at radius 1 is 1.09 bits per heavy atom. The van der Waals surface area contributed by atoms with Crippen molar-refractivity contribution >= 4 is 31.6 Å². The first-order valence-electron chi connectivity index (χ1n) is 6.81. The molecular formula is C16H16N2O2S2. The molecule has 2 aromatic carbocycles. The molecule has 3 rings (SSSR count). The molecule has 22 heavy (non-hydrogen) atoms. The molecule has 0 N–H and O–H groups in total. The van der Waals surface area contributed by atoms with Crippen LogP contribution in [0.4, 0.5) is 0 Å². The van der Waals surface area contributed by atoms with Gasteiger partial charge in [-0.05, 0) is 43.2 Å². The largest absolute Gasteiger partial charge is 0.319 e. The molecule has 0 fully saturated rings. The van der Waals surface area contributed by atoms with Crippen molar-refractivity contribution in [3.05, 3.63) is 58.4 Å². The highest BCUT2D eigenvalue weighted by atomic mass is 32.2. The van der Waals surface area contributed by atoms with Gasteiger partial charge >= 0.3 is 0 Å². The van der Waals surface area contributed by atoms with Gasteiger partial charge in [-0.3, -0.25) is 0 Å². The summed E-state index contributed by atoms with van der Waals surface area (Å²) in [5, 5.41) is 0. The van der Waals surface area contributed by atoms with E-state index in [4.69, 9.17) is 0 Å². The molecule has 0 aliphatic heterocycles. The quantitative estimate of drug-likeness (QED) is 0.724. The second kappa shape index (κ2) is 5.37. The van der Waals surface area contributed by atoms with E-state index < -0.39 is 10.0 Å². The Kier molecular flexibility index (Phi) is 3.66. The molecule has 6 heteroatoms. The minimum Gasteiger partial charge on any atom is -0.319 e. The highest BCUT2D eigenvalue weighted by Crippen LogP contribution is 2.22. The van der Waals surface area contributed by atoms with E-state index in [1.54, 1.807) is 30.3 Å². The standard InChI is InChI=1S/C16H16N2O2S2/c1-11-9-12(2)15-14(10-11)21-16(18(15)3)17-22(19,20)13-7-5-4-6-8-13/h4-10H,1-3H3. The molecule has 0 radical (unpaired) electrons. The zero-order valence-electron chi connectivity index (χ0n) is 12.6. The number of aryl methyl sites for hydroxylation is 3. The lowest BCUT2D eigenvalue weighted by Crippen LogP contribution is -2.14. The summed E-state index contributed by atoms with van der Waals surface area (Å²) in [5.74, 6) is 0. The van der Waals surface area contributed by atoms with Crippen molar-refractivity contribution in [2.45, 2.75) is 18.7 Å². The minimum absolute atomic E-state index is 0.209. The van der Waals surface area contributed by atoms with E-state index in [1.165, 1.54) is 11.3 Å². The van der Waals surface area contributed by atoms with Gasteiger partial charge in [0.1, 0.15) is 0 Å². The SMILES string of the molecule is Cc1cc(C)c2c(c1)sc(=NS(=O)(=O)c1ccccc1)n2C. The molecule has 4 nitrogen and oxygen atoms in total. The molecule has 0 aliphatic carbocycles. The summed E-state index contributed by atoms with van der Waals surface area (Å²) in [7, 11) is -1.84. The molecule has 0 saturated carbocycles. The Bertz CT molecular complexity index is 1010. The van der Waals surface area contributed by atoms with Crippen LogP contribution in [0.5, 0.6) is 0 Å². The first kappa shape index (κ1) is 15.0. The van der Waals surface area contributed by atoms with Gasteiger partial charge in [0, 0.05) is 7.05 Å². The molecule has 0 spiro atoms. The van der Waals surface area contributed by atoms with Crippen LogP contribution >= 0.6 is 11.3 Å². The van der Waals surface area contributed by atoms with E-state index >= 15 is 0 Å². The number of hydrogen-bond acceptors (Lipinski definition) is 3. The number of nitrogens with zero attached hydrogens (tertiary/aromatic N) is 2. The number of sulfonamides is 1. The molecule has 1 heterocycles. The van der Waals surface area contributed by atoms with Crippen LogP contribution in [0.15, 0.2) is 51.8 Å². The average molecular weight is 332 g/mol. The highest BCUT2D eigenvalue weighted by molar-refractivity contribution is 7.90. The monoisotopic (exact) mass is 332 g/mol. The summed E-state index contributed by atoms with van der Waals surface area (Å²) in [6, 6.07) is 12.4. The molecular weight excluding hydrogens is 316 g/mol. The Morgan fingerprint density at radius 2 is 1.77 bits per heavy atom. The van der Waals surface area contributed by atoms with Gasteiger partial charge in [-0.1, -0.05) is 35.6 Å². The normalized spacial score (nSPS) is 13.0. The van der Waals surface area contributed by atoms with Gasteiger partial charge in [0.15, 0.2) is 0 Å². The fourth-order valence-corrected chi connectivity index (χ4v) is 4.96. The number of rotatable bonds is 2. The number of aromatic nitrogens is 1. The Labute approximate surface area is 133 Å². The second-order valence-corrected chi connectivity index (χ2v) is 7.86. The summed E-state index contributed by atoms with van der Waals surface area (Å²) >= 11 is 1.39. The minimum atomic E-state index is -3.69. The molecule has 114 valence electrons. The third-order valence-electron chi connectivity index (χ3n) is 3.47. The Hall–Kier alpha value is -1.92. The van der Waals surface area contributed by atoms with Gasteiger partial charge in [0.2, 0.25) is 4.80 Å². The van der Waals surface area contributed by atoms with Crippen molar-refractivity contribution in [1.29, 1.82) is 0 Å². The van der Waals surface area contributed by atoms with Crippen LogP contribution in [0.2, 0.25) is 0 Å². The van der Waals surface area contributed by atoms with Gasteiger partial charge in [-0.15, -0.1) is 4.40 Å². The average Bonchev–Trinajstić information content (AvgIpc) is 2.75. The van der Waals surface area contributed by atoms with E-state index in [2.05, 4.69) is 16.5 Å². The topological polar surface area (TPSA) is 51.4 Å². The number of thiazole rings is 1. The smallest absolute Gasteiger partial charge is 0.285 e. The van der Waals surface area contributed by atoms with Crippen molar-refractivity contribution in [2.24, 2.45) is 11.4 Å². The van der Waals surface area contributed by atoms with Gasteiger partial charge in [0.25, 0.3) is 10.0 Å². The lowest BCUT2D eigenvalue weighted by molar-refractivity contribution is 0.596. The summed E-state index contributed by atoms with van der Waals surface area (Å²) < 4.78 is 31.7. The van der Waals surface area contributed by atoms with Crippen LogP contribution < -0.4 is 4.80 Å². The Balaban J connectivity index is 2.27. The van der Waals surface area contributed by atoms with Gasteiger partial charge < -0.3 is 4.57 Å². The first-order valence-corrected chi connectivity index (χ1v) is 9.07. The van der Waals surface area contributed by atoms with Crippen molar-refractivity contribution in [2.75, 3.05) is 0 Å². The van der Waals surface area contributed by atoms with Crippen LogP contribution in [0.3, 0.4) is 0 Å². The predicted octanol–water partition coefficient (Wildman–Crippen LogP) is 3.15. The zero-order valence-corrected chi connectivity index (χ0v) is 14.2. The second-order valence-electron chi connectivity index (χ2n) is 5.25. The van der Waals surface area contributed by atoms with Gasteiger partial charge in [-0.2, -0.15) is 8.42 Å². The van der Waals surface area contributed by atoms with Crippen molar-refractivity contribution in [1.82, 2.24) is 4.57 Å². The van der Waals surface area contributed by atoms with Crippen LogP contribution in [0.1, 0.15) is 11.1 Å². The molecule has 0 saturated heterocycles. The molecule has 0 unspecified atom stereocenters. The van der Waals surface area contributed by atoms with E-state index in [9.17, 15) is 8.42 Å². The maximum absolute atomic E-state index is 12.4. The molecule has 0 amide bonds. The molecule has 3 aromatic rings. The number of benzene rings is 2. The van der Waals surface area contributed by atoms with Crippen molar-refractivity contribution in [3.63, 3.8) is 0 Å². The highest BCUT2D eigenvalue weighted by Gasteiger charge is 2.14. The van der Waals surface area contributed by atoms with E-state index in [0.29, 0.717) is 4.80 Å². The number of hydrogen-bond donors (Lipinski definition) is 0. The third kappa shape index (κ3) is 2.60. The zero-order chi connectivity index (χ0) is 15.9. The molecule has 0 atom stereocenters. The molecule has 1 aromatic heterocycles. The van der Waals surface area contributed by atoms with Crippen molar-refractivity contribution in [3.8, 4) is 0 Å². The maximum Gasteiger partial charge on any atom is 0.285 e. The lowest BCUT2D eigenvalue weighted by atomic mass is 10.1. The van der Waals surface area contributed by atoms with Crippen LogP contribution in [0.25, 0.3) is 10.2 Å². The van der Waals surface area contributed by atoms with Crippen molar-refractivity contribution < 1.29 is 8.42 Å². The number of fused-ring (bicyclic) bond motifs is 1. The van der Waals surface area contributed by atoms with E-state index in [1.807, 2.05) is 25.5 Å². The summed E-state index contributed by atoms with van der Waals surface area (Å²) in [6.07, 6.45) is 0. The molecule has 0 aliphatic rings. The summed E-state index contributed by atoms with van der Waals surface area (Å²) in [6.45, 7) is 4.06. The van der Waals surface area contributed by atoms with Gasteiger partial charge in [-0.25, -0.2) is 0 Å².